The van der Waals surface area contributed by atoms with Crippen LogP contribution in [0.4, 0.5) is 0 Å². The highest BCUT2D eigenvalue weighted by Crippen LogP contribution is 2.21. The zero-order chi connectivity index (χ0) is 7.68. The predicted molar refractivity (Wildman–Crippen MR) is 41.6 cm³/mol. The summed E-state index contributed by atoms with van der Waals surface area (Å²) in [6, 6.07) is 0.203. The molecular formula is C9H9NO. The second-order valence-electron chi connectivity index (χ2n) is 2.81. The molecular weight excluding hydrogens is 138 g/mol. The van der Waals surface area contributed by atoms with Crippen LogP contribution >= 0.6 is 0 Å². The van der Waals surface area contributed by atoms with Crippen molar-refractivity contribution in [2.45, 2.75) is 12.5 Å². The van der Waals surface area contributed by atoms with E-state index in [1.807, 2.05) is 18.2 Å². The van der Waals surface area contributed by atoms with Crippen LogP contribution in [0.15, 0.2) is 24.3 Å². The molecule has 0 spiro atoms. The zero-order valence-corrected chi connectivity index (χ0v) is 6.08. The first kappa shape index (κ1) is 6.65. The van der Waals surface area contributed by atoms with Crippen molar-refractivity contribution in [2.24, 2.45) is 5.92 Å². The fourth-order valence-corrected chi connectivity index (χ4v) is 1.42. The molecule has 1 aliphatic heterocycles. The number of rotatable bonds is 0. The summed E-state index contributed by atoms with van der Waals surface area (Å²) in [7, 11) is 0. The van der Waals surface area contributed by atoms with Gasteiger partial charge >= 0.3 is 0 Å². The second kappa shape index (κ2) is 2.53. The van der Waals surface area contributed by atoms with E-state index in [1.54, 1.807) is 0 Å². The summed E-state index contributed by atoms with van der Waals surface area (Å²) < 4.78 is 0. The molecule has 2 aliphatic rings. The molecule has 0 saturated carbocycles. The third-order valence-corrected chi connectivity index (χ3v) is 2.05. The Labute approximate surface area is 66.0 Å². The van der Waals surface area contributed by atoms with Gasteiger partial charge in [0.25, 0.3) is 0 Å². The van der Waals surface area contributed by atoms with Gasteiger partial charge in [0.2, 0.25) is 5.91 Å². The maximum absolute atomic E-state index is 10.8. The molecule has 0 aromatic carbocycles. The fraction of sp³-hybridized carbons (Fsp3) is 0.333. The molecule has 0 aromatic heterocycles. The molecule has 1 saturated heterocycles. The molecule has 1 N–H and O–H groups in total. The van der Waals surface area contributed by atoms with Crippen LogP contribution in [0, 0.1) is 12.3 Å². The van der Waals surface area contributed by atoms with Gasteiger partial charge < -0.3 is 5.32 Å². The Hall–Kier alpha value is -1.05. The lowest BCUT2D eigenvalue weighted by atomic mass is 9.87. The maximum atomic E-state index is 10.8. The number of carbonyl (C=O) groups is 1. The Morgan fingerprint density at radius 3 is 3.18 bits per heavy atom. The first-order chi connectivity index (χ1) is 5.36. The van der Waals surface area contributed by atoms with Crippen LogP contribution in [-0.2, 0) is 4.79 Å². The number of hydrogen-bond acceptors (Lipinski definition) is 1. The first-order valence-electron chi connectivity index (χ1n) is 3.75. The summed E-state index contributed by atoms with van der Waals surface area (Å²) in [5.74, 6) is 0.365. The van der Waals surface area contributed by atoms with Crippen molar-refractivity contribution in [3.8, 4) is 0 Å². The largest absolute Gasteiger partial charge is 0.349 e. The van der Waals surface area contributed by atoms with E-state index in [0.29, 0.717) is 5.92 Å². The van der Waals surface area contributed by atoms with Gasteiger partial charge in [-0.05, 0) is 6.42 Å². The van der Waals surface area contributed by atoms with Crippen molar-refractivity contribution >= 4 is 5.91 Å². The molecule has 2 heteroatoms. The average Bonchev–Trinajstić information content (AvgIpc) is 2.04. The topological polar surface area (TPSA) is 29.1 Å². The van der Waals surface area contributed by atoms with Gasteiger partial charge in [0.1, 0.15) is 0 Å². The molecule has 11 heavy (non-hydrogen) atoms. The van der Waals surface area contributed by atoms with Gasteiger partial charge in [-0.1, -0.05) is 24.3 Å². The molecule has 2 rings (SSSR count). The van der Waals surface area contributed by atoms with Crippen LogP contribution in [-0.4, -0.2) is 11.9 Å². The number of nitrogens with one attached hydrogen (secondary N) is 1. The van der Waals surface area contributed by atoms with Crippen molar-refractivity contribution in [3.63, 3.8) is 0 Å². The summed E-state index contributed by atoms with van der Waals surface area (Å²) in [5.41, 5.74) is 0. The lowest BCUT2D eigenvalue weighted by Crippen LogP contribution is -2.43. The molecule has 2 radical (unpaired) electrons. The van der Waals surface area contributed by atoms with E-state index in [0.717, 1.165) is 6.42 Å². The third-order valence-electron chi connectivity index (χ3n) is 2.05. The number of amides is 1. The highest BCUT2D eigenvalue weighted by Gasteiger charge is 2.26. The lowest BCUT2D eigenvalue weighted by Gasteiger charge is -2.28. The lowest BCUT2D eigenvalue weighted by molar-refractivity contribution is -0.119. The van der Waals surface area contributed by atoms with Gasteiger partial charge in [-0.15, -0.1) is 0 Å². The Morgan fingerprint density at radius 2 is 2.27 bits per heavy atom. The van der Waals surface area contributed by atoms with E-state index in [2.05, 4.69) is 17.8 Å². The smallest absolute Gasteiger partial charge is 0.228 e. The van der Waals surface area contributed by atoms with E-state index >= 15 is 0 Å². The summed E-state index contributed by atoms with van der Waals surface area (Å²) >= 11 is 0. The van der Waals surface area contributed by atoms with Gasteiger partial charge in [-0.3, -0.25) is 4.79 Å². The monoisotopic (exact) mass is 147 g/mol. The molecule has 2 nitrogen and oxygen atoms in total. The van der Waals surface area contributed by atoms with E-state index in [-0.39, 0.29) is 11.9 Å². The first-order valence-corrected chi connectivity index (χ1v) is 3.75. The van der Waals surface area contributed by atoms with Crippen molar-refractivity contribution in [1.29, 1.82) is 0 Å². The number of piperidine rings is 1. The Morgan fingerprint density at radius 1 is 1.45 bits per heavy atom. The number of carbonyl (C=O) groups excluding carboxylic acids is 1. The highest BCUT2D eigenvalue weighted by atomic mass is 16.1. The van der Waals surface area contributed by atoms with E-state index in [9.17, 15) is 4.79 Å². The SMILES string of the molecule is O=C1[C]CC2C=CC=CC2N1. The molecule has 0 aromatic rings. The van der Waals surface area contributed by atoms with E-state index in [4.69, 9.17) is 0 Å². The molecule has 1 amide bonds. The summed E-state index contributed by atoms with van der Waals surface area (Å²) in [4.78, 5) is 10.8. The normalized spacial score (nSPS) is 34.7. The van der Waals surface area contributed by atoms with Gasteiger partial charge in [0.15, 0.2) is 0 Å². The van der Waals surface area contributed by atoms with Crippen molar-refractivity contribution in [3.05, 3.63) is 30.7 Å². The zero-order valence-electron chi connectivity index (χ0n) is 6.08. The molecule has 1 heterocycles. The molecule has 56 valence electrons. The Kier molecular flexibility index (Phi) is 1.53. The molecule has 1 aliphatic carbocycles. The molecule has 2 unspecified atom stereocenters. The number of hydrogen-bond donors (Lipinski definition) is 1. The van der Waals surface area contributed by atoms with Crippen LogP contribution < -0.4 is 5.32 Å². The van der Waals surface area contributed by atoms with Gasteiger partial charge in [-0.2, -0.15) is 0 Å². The Bertz CT molecular complexity index is 230. The van der Waals surface area contributed by atoms with Crippen molar-refractivity contribution in [1.82, 2.24) is 5.32 Å². The number of fused-ring (bicyclic) bond motifs is 1. The molecule has 0 bridgehead atoms. The minimum atomic E-state index is -0.0637. The van der Waals surface area contributed by atoms with E-state index < -0.39 is 0 Å². The third kappa shape index (κ3) is 1.20. The average molecular weight is 147 g/mol. The minimum Gasteiger partial charge on any atom is -0.349 e. The quantitative estimate of drug-likeness (QED) is 0.537. The van der Waals surface area contributed by atoms with Gasteiger partial charge in [0, 0.05) is 5.92 Å². The summed E-state index contributed by atoms with van der Waals surface area (Å²) in [6.07, 6.45) is 11.6. The van der Waals surface area contributed by atoms with Gasteiger partial charge in [-0.25, -0.2) is 0 Å². The summed E-state index contributed by atoms with van der Waals surface area (Å²) in [6.45, 7) is 0. The van der Waals surface area contributed by atoms with E-state index in [1.165, 1.54) is 0 Å². The van der Waals surface area contributed by atoms with Crippen LogP contribution in [0.5, 0.6) is 0 Å². The highest BCUT2D eigenvalue weighted by molar-refractivity contribution is 5.86. The maximum Gasteiger partial charge on any atom is 0.228 e. The minimum absolute atomic E-state index is 0.0637. The Balaban J connectivity index is 2.12. The number of allylic oxidation sites excluding steroid dienone is 2. The van der Waals surface area contributed by atoms with Crippen LogP contribution in [0.2, 0.25) is 0 Å². The van der Waals surface area contributed by atoms with Crippen LogP contribution in [0.1, 0.15) is 6.42 Å². The fourth-order valence-electron chi connectivity index (χ4n) is 1.42. The summed E-state index contributed by atoms with van der Waals surface area (Å²) in [5, 5.41) is 2.83. The van der Waals surface area contributed by atoms with Crippen molar-refractivity contribution < 1.29 is 4.79 Å². The van der Waals surface area contributed by atoms with Crippen LogP contribution in [0.25, 0.3) is 0 Å². The molecule has 2 atom stereocenters. The predicted octanol–water partition coefficient (Wildman–Crippen LogP) is 0.698. The van der Waals surface area contributed by atoms with Crippen molar-refractivity contribution in [2.75, 3.05) is 0 Å². The second-order valence-corrected chi connectivity index (χ2v) is 2.81. The van der Waals surface area contributed by atoms with Gasteiger partial charge in [0.05, 0.1) is 12.5 Å². The standard InChI is InChI=1S/C9H9NO/c11-9-6-5-7-3-1-2-4-8(7)10-9/h1-4,7-8H,5H2,(H,10,11). The van der Waals surface area contributed by atoms with Crippen LogP contribution in [0.3, 0.4) is 0 Å². The molecule has 1 fully saturated rings.